The van der Waals surface area contributed by atoms with Gasteiger partial charge in [-0.15, -0.1) is 0 Å². The van der Waals surface area contributed by atoms with Crippen LogP contribution in [0.3, 0.4) is 0 Å². The van der Waals surface area contributed by atoms with E-state index in [-0.39, 0.29) is 0 Å². The molecule has 4 heteroatoms. The van der Waals surface area contributed by atoms with Gasteiger partial charge in [0.25, 0.3) is 0 Å². The minimum atomic E-state index is -1.77. The summed E-state index contributed by atoms with van der Waals surface area (Å²) in [6, 6.07) is 13.6. The fourth-order valence-electron chi connectivity index (χ4n) is 5.91. The molecule has 2 nitrogen and oxygen atoms in total. The molecule has 0 bridgehead atoms. The van der Waals surface area contributed by atoms with Crippen LogP contribution in [0.25, 0.3) is 10.4 Å². The molecule has 2 aliphatic rings. The third kappa shape index (κ3) is 3.95. The molecule has 0 spiro atoms. The predicted molar refractivity (Wildman–Crippen MR) is 141 cm³/mol. The van der Waals surface area contributed by atoms with E-state index >= 15 is 0 Å². The Kier molecular flexibility index (Phi) is 5.80. The molecule has 164 valence electrons. The predicted octanol–water partition coefficient (Wildman–Crippen LogP) is 6.29. The van der Waals surface area contributed by atoms with Crippen LogP contribution in [0.15, 0.2) is 47.5 Å². The molecule has 0 aromatic heterocycles. The van der Waals surface area contributed by atoms with Crippen LogP contribution in [-0.2, 0) is 12.8 Å². The van der Waals surface area contributed by atoms with Gasteiger partial charge in [-0.25, -0.2) is 0 Å². The lowest BCUT2D eigenvalue weighted by molar-refractivity contribution is 0.840. The van der Waals surface area contributed by atoms with Crippen molar-refractivity contribution in [3.05, 3.63) is 80.9 Å². The van der Waals surface area contributed by atoms with E-state index in [1.807, 2.05) is 0 Å². The van der Waals surface area contributed by atoms with Gasteiger partial charge in [0.1, 0.15) is 0 Å². The van der Waals surface area contributed by atoms with Gasteiger partial charge in [0, 0.05) is 6.67 Å². The maximum Gasteiger partial charge on any atom is 0.153 e. The molecule has 2 aromatic carbocycles. The summed E-state index contributed by atoms with van der Waals surface area (Å²) in [4.78, 5) is 8.01. The van der Waals surface area contributed by atoms with Crippen LogP contribution in [0.5, 0.6) is 0 Å². The van der Waals surface area contributed by atoms with Crippen LogP contribution < -0.4 is 9.96 Å². The van der Waals surface area contributed by atoms with Crippen molar-refractivity contribution >= 4 is 26.9 Å². The topological polar surface area (TPSA) is 24.1 Å². The minimum Gasteiger partial charge on any atom is -0.322 e. The molecule has 0 heterocycles. The van der Waals surface area contributed by atoms with E-state index in [1.165, 1.54) is 22.3 Å². The van der Waals surface area contributed by atoms with Crippen molar-refractivity contribution in [2.24, 2.45) is 0 Å². The van der Waals surface area contributed by atoms with E-state index in [9.17, 15) is 0 Å². The molecule has 2 aromatic rings. The molecule has 0 atom stereocenters. The van der Waals surface area contributed by atoms with E-state index in [0.717, 1.165) is 19.5 Å². The lowest BCUT2D eigenvalue weighted by atomic mass is 10.0. The van der Waals surface area contributed by atoms with Crippen LogP contribution in [0.4, 0.5) is 0 Å². The van der Waals surface area contributed by atoms with Crippen molar-refractivity contribution in [2.45, 2.75) is 66.7 Å². The third-order valence-electron chi connectivity index (χ3n) is 7.41. The minimum absolute atomic E-state index is 0.883. The monoisotopic (exact) mass is 446 g/mol. The van der Waals surface area contributed by atoms with Gasteiger partial charge < -0.3 is 9.96 Å². The summed E-state index contributed by atoms with van der Waals surface area (Å²) >= 11 is 0. The van der Waals surface area contributed by atoms with Crippen molar-refractivity contribution in [3.8, 4) is 0 Å². The highest BCUT2D eigenvalue weighted by Crippen LogP contribution is 2.40. The molecule has 0 amide bonds. The van der Waals surface area contributed by atoms with Gasteiger partial charge in [-0.3, -0.25) is 0 Å². The molecule has 0 fully saturated rings. The number of fused-ring (bicyclic) bond motifs is 2. The Morgan fingerprint density at radius 3 is 1.42 bits per heavy atom. The molecule has 2 aliphatic carbocycles. The number of rotatable bonds is 6. The Labute approximate surface area is 191 Å². The number of allylic oxidation sites excluding steroid dienone is 2. The first-order valence-electron chi connectivity index (χ1n) is 11.6. The second-order valence-corrected chi connectivity index (χ2v) is 18.9. The zero-order valence-corrected chi connectivity index (χ0v) is 22.6. The first-order chi connectivity index (χ1) is 14.5. The van der Waals surface area contributed by atoms with E-state index in [1.54, 1.807) is 32.7 Å². The van der Waals surface area contributed by atoms with Crippen molar-refractivity contribution in [3.63, 3.8) is 0 Å². The first-order valence-corrected chi connectivity index (χ1v) is 17.6. The first kappa shape index (κ1) is 22.5. The van der Waals surface area contributed by atoms with E-state index in [2.05, 4.69) is 100 Å². The number of benzene rings is 2. The van der Waals surface area contributed by atoms with Crippen LogP contribution in [0.2, 0.25) is 26.2 Å². The molecule has 4 rings (SSSR count). The summed E-state index contributed by atoms with van der Waals surface area (Å²) < 4.78 is 0. The summed E-state index contributed by atoms with van der Waals surface area (Å²) in [5.74, 6) is 0. The maximum atomic E-state index is 4.00. The average Bonchev–Trinajstić information content (AvgIpc) is 3.20. The Balaban J connectivity index is 1.51. The van der Waals surface area contributed by atoms with Gasteiger partial charge in [0.05, 0.1) is 0 Å². The quantitative estimate of drug-likeness (QED) is 0.402. The smallest absolute Gasteiger partial charge is 0.153 e. The van der Waals surface area contributed by atoms with Crippen molar-refractivity contribution in [1.29, 1.82) is 0 Å². The van der Waals surface area contributed by atoms with Gasteiger partial charge in [0.15, 0.2) is 16.5 Å². The molecule has 0 radical (unpaired) electrons. The van der Waals surface area contributed by atoms with Gasteiger partial charge in [-0.1, -0.05) is 73.7 Å². The summed E-state index contributed by atoms with van der Waals surface area (Å²) in [6.07, 6.45) is 2.23. The van der Waals surface area contributed by atoms with Crippen LogP contribution in [0.1, 0.15) is 47.2 Å². The Morgan fingerprint density at radius 1 is 0.645 bits per heavy atom. The lowest BCUT2D eigenvalue weighted by Gasteiger charge is -2.32. The number of hydrogen-bond acceptors (Lipinski definition) is 2. The van der Waals surface area contributed by atoms with Gasteiger partial charge in [-0.05, 0) is 84.3 Å². The zero-order chi connectivity index (χ0) is 22.6. The Morgan fingerprint density at radius 2 is 1.03 bits per heavy atom. The van der Waals surface area contributed by atoms with Crippen molar-refractivity contribution < 1.29 is 0 Å². The lowest BCUT2D eigenvalue weighted by Crippen LogP contribution is -2.56. The van der Waals surface area contributed by atoms with E-state index in [4.69, 9.17) is 0 Å². The van der Waals surface area contributed by atoms with E-state index < -0.39 is 16.5 Å². The molecule has 0 saturated heterocycles. The summed E-state index contributed by atoms with van der Waals surface area (Å²) in [5, 5.41) is 3.23. The number of aryl methyl sites for hydroxylation is 2. The van der Waals surface area contributed by atoms with Gasteiger partial charge in [0.2, 0.25) is 0 Å². The number of hydrogen-bond donors (Lipinski definition) is 2. The third-order valence-corrected chi connectivity index (χ3v) is 13.4. The summed E-state index contributed by atoms with van der Waals surface area (Å²) in [5.41, 5.74) is 12.1. The summed E-state index contributed by atoms with van der Waals surface area (Å²) in [7, 11) is -3.54. The normalized spacial score (nSPS) is 16.3. The second kappa shape index (κ2) is 8.00. The molecule has 2 N–H and O–H groups in total. The number of nitrogens with one attached hydrogen (secondary N) is 2. The molecule has 0 unspecified atom stereocenters. The maximum absolute atomic E-state index is 4.00. The fraction of sp³-hybridized carbons (Fsp3) is 0.407. The van der Waals surface area contributed by atoms with Gasteiger partial charge >= 0.3 is 0 Å². The molecular weight excluding hydrogens is 408 g/mol. The molecule has 0 saturated carbocycles. The highest BCUT2D eigenvalue weighted by Gasteiger charge is 2.36. The van der Waals surface area contributed by atoms with E-state index in [0.29, 0.717) is 0 Å². The molecular formula is C27H38N2Si2. The van der Waals surface area contributed by atoms with Crippen LogP contribution >= 0.6 is 0 Å². The zero-order valence-electron chi connectivity index (χ0n) is 20.6. The highest BCUT2D eigenvalue weighted by atomic mass is 28.3. The standard InChI is InChI=1S/C27H38N2Si2/c1-18-11-9-13-22-24(18)15-20(3)26(22)30(5,6)28-17-29-31(7,8)27-21(4)16-25-19(2)12-10-14-23(25)27/h9-14,28-29H,15-17H2,1-8H3. The largest absolute Gasteiger partial charge is 0.322 e. The molecule has 0 aliphatic heterocycles. The highest BCUT2D eigenvalue weighted by molar-refractivity contribution is 6.94. The summed E-state index contributed by atoms with van der Waals surface area (Å²) in [6.45, 7) is 19.9. The second-order valence-electron chi connectivity index (χ2n) is 10.6. The Bertz CT molecular complexity index is 1020. The molecule has 31 heavy (non-hydrogen) atoms. The van der Waals surface area contributed by atoms with Crippen LogP contribution in [0, 0.1) is 13.8 Å². The van der Waals surface area contributed by atoms with Crippen LogP contribution in [-0.4, -0.2) is 23.1 Å². The average molecular weight is 447 g/mol. The fourth-order valence-corrected chi connectivity index (χ4v) is 11.6. The van der Waals surface area contributed by atoms with Crippen molar-refractivity contribution in [1.82, 2.24) is 9.96 Å². The Hall–Kier alpha value is -1.73. The SMILES string of the molecule is CC1=C([Si](C)(C)NCN[Si](C)(C)C2=C(C)Cc3c(C)cccc32)c2cccc(C)c2C1. The van der Waals surface area contributed by atoms with Crippen molar-refractivity contribution in [2.75, 3.05) is 6.67 Å². The van der Waals surface area contributed by atoms with Gasteiger partial charge in [-0.2, -0.15) is 0 Å².